The van der Waals surface area contributed by atoms with E-state index in [0.717, 1.165) is 59.7 Å². The largest absolute Gasteiger partial charge is 0.481 e. The van der Waals surface area contributed by atoms with Crippen molar-refractivity contribution in [2.45, 2.75) is 90.4 Å². The number of nitrogens with zero attached hydrogens (tertiary/aromatic N) is 1. The summed E-state index contributed by atoms with van der Waals surface area (Å²) in [5.41, 5.74) is 4.67. The van der Waals surface area contributed by atoms with E-state index in [4.69, 9.17) is 4.52 Å². The first kappa shape index (κ1) is 23.5. The zero-order valence-corrected chi connectivity index (χ0v) is 20.2. The van der Waals surface area contributed by atoms with Crippen LogP contribution in [0.25, 0.3) is 0 Å². The molecule has 2 saturated carbocycles. The lowest BCUT2D eigenvalue weighted by atomic mass is 9.69. The lowest BCUT2D eigenvalue weighted by molar-refractivity contribution is -0.137. The highest BCUT2D eigenvalue weighted by atomic mass is 16.5. The highest BCUT2D eigenvalue weighted by Crippen LogP contribution is 2.52. The number of amides is 1. The molecule has 2 fully saturated rings. The van der Waals surface area contributed by atoms with Crippen LogP contribution in [-0.4, -0.2) is 22.1 Å². The van der Waals surface area contributed by atoms with Crippen molar-refractivity contribution in [2.24, 2.45) is 11.8 Å². The lowest BCUT2D eigenvalue weighted by Crippen LogP contribution is -2.24. The second-order valence-electron chi connectivity index (χ2n) is 10.6. The summed E-state index contributed by atoms with van der Waals surface area (Å²) in [6.45, 7) is 8.48. The molecule has 1 atom stereocenters. The Morgan fingerprint density at radius 1 is 1.15 bits per heavy atom. The van der Waals surface area contributed by atoms with Crippen molar-refractivity contribution >= 4 is 17.6 Å². The van der Waals surface area contributed by atoms with Crippen LogP contribution in [0.2, 0.25) is 0 Å². The van der Waals surface area contributed by atoms with Crippen molar-refractivity contribution in [3.63, 3.8) is 0 Å². The first-order valence-corrected chi connectivity index (χ1v) is 12.3. The SMILES string of the molecule is Cc1ccc(NC(=O)C[C@@H](CC(=O)O)c2noc([C@H]3C[C@@H](CC(C)C)C3)c2C2CC2)c(C)c1. The Morgan fingerprint density at radius 3 is 2.48 bits per heavy atom. The number of aryl methyl sites for hydroxylation is 2. The second kappa shape index (κ2) is 9.70. The van der Waals surface area contributed by atoms with Crippen LogP contribution in [0.4, 0.5) is 5.69 Å². The number of carboxylic acids is 1. The van der Waals surface area contributed by atoms with E-state index in [0.29, 0.717) is 23.4 Å². The van der Waals surface area contributed by atoms with E-state index in [1.165, 1.54) is 6.42 Å². The third kappa shape index (κ3) is 5.66. The number of hydrogen-bond acceptors (Lipinski definition) is 4. The van der Waals surface area contributed by atoms with Crippen LogP contribution in [0.15, 0.2) is 22.7 Å². The summed E-state index contributed by atoms with van der Waals surface area (Å²) in [7, 11) is 0. The molecule has 178 valence electrons. The fourth-order valence-corrected chi connectivity index (χ4v) is 5.36. The van der Waals surface area contributed by atoms with Crippen molar-refractivity contribution in [1.29, 1.82) is 0 Å². The van der Waals surface area contributed by atoms with Crippen LogP contribution in [0.3, 0.4) is 0 Å². The highest BCUT2D eigenvalue weighted by molar-refractivity contribution is 5.92. The van der Waals surface area contributed by atoms with Gasteiger partial charge in [-0.3, -0.25) is 9.59 Å². The molecule has 1 aromatic carbocycles. The van der Waals surface area contributed by atoms with Gasteiger partial charge in [0.15, 0.2) is 0 Å². The molecule has 0 spiro atoms. The van der Waals surface area contributed by atoms with Crippen LogP contribution in [0.5, 0.6) is 0 Å². The lowest BCUT2D eigenvalue weighted by Gasteiger charge is -2.35. The van der Waals surface area contributed by atoms with Gasteiger partial charge in [0.05, 0.1) is 12.1 Å². The molecule has 6 nitrogen and oxygen atoms in total. The third-order valence-corrected chi connectivity index (χ3v) is 7.08. The Hall–Kier alpha value is -2.63. The fraction of sp³-hybridized carbons (Fsp3) is 0.593. The van der Waals surface area contributed by atoms with E-state index in [2.05, 4.69) is 24.3 Å². The molecule has 2 aliphatic carbocycles. The van der Waals surface area contributed by atoms with E-state index < -0.39 is 11.9 Å². The summed E-state index contributed by atoms with van der Waals surface area (Å²) >= 11 is 0. The average Bonchev–Trinajstić information content (AvgIpc) is 3.44. The minimum absolute atomic E-state index is 0.0753. The van der Waals surface area contributed by atoms with Gasteiger partial charge in [-0.05, 0) is 75.3 Å². The Kier molecular flexibility index (Phi) is 6.91. The van der Waals surface area contributed by atoms with Crippen LogP contribution in [-0.2, 0) is 9.59 Å². The minimum Gasteiger partial charge on any atom is -0.481 e. The molecule has 0 aliphatic heterocycles. The Morgan fingerprint density at radius 2 is 1.88 bits per heavy atom. The van der Waals surface area contributed by atoms with Gasteiger partial charge in [-0.15, -0.1) is 0 Å². The van der Waals surface area contributed by atoms with Gasteiger partial charge < -0.3 is 14.9 Å². The second-order valence-corrected chi connectivity index (χ2v) is 10.6. The summed E-state index contributed by atoms with van der Waals surface area (Å²) in [6, 6.07) is 5.87. The van der Waals surface area contributed by atoms with E-state index in [-0.39, 0.29) is 18.7 Å². The van der Waals surface area contributed by atoms with E-state index >= 15 is 0 Å². The third-order valence-electron chi connectivity index (χ3n) is 7.08. The van der Waals surface area contributed by atoms with Gasteiger partial charge in [-0.1, -0.05) is 36.7 Å². The molecule has 4 rings (SSSR count). The van der Waals surface area contributed by atoms with Gasteiger partial charge in [-0.25, -0.2) is 0 Å². The normalized spacial score (nSPS) is 21.0. The van der Waals surface area contributed by atoms with Gasteiger partial charge in [0.25, 0.3) is 0 Å². The number of anilines is 1. The topological polar surface area (TPSA) is 92.4 Å². The summed E-state index contributed by atoms with van der Waals surface area (Å²) in [5.74, 6) is 1.54. The molecular weight excluding hydrogens is 416 g/mol. The molecular formula is C27H36N2O4. The number of nitrogens with one attached hydrogen (secondary N) is 1. The molecule has 1 aromatic heterocycles. The van der Waals surface area contributed by atoms with Crippen molar-refractivity contribution in [1.82, 2.24) is 5.16 Å². The van der Waals surface area contributed by atoms with E-state index in [1.807, 2.05) is 32.0 Å². The standard InChI is InChI=1S/C27H36N2O4/c1-15(2)9-18-11-21(12-18)27-25(19-6-7-19)26(29-33-27)20(14-24(31)32)13-23(30)28-22-8-5-16(3)10-17(22)4/h5,8,10,15,18-21H,6-7,9,11-14H2,1-4H3,(H,28,30)(H,31,32)/t18-,20-,21+/m0/s1. The Bertz CT molecular complexity index is 1020. The molecule has 1 heterocycles. The number of benzene rings is 1. The smallest absolute Gasteiger partial charge is 0.304 e. The number of aliphatic carboxylic acids is 1. The summed E-state index contributed by atoms with van der Waals surface area (Å²) in [6.07, 6.45) is 5.57. The number of carbonyl (C=O) groups is 2. The van der Waals surface area contributed by atoms with Crippen LogP contribution < -0.4 is 5.32 Å². The highest BCUT2D eigenvalue weighted by Gasteiger charge is 2.42. The molecule has 2 N–H and O–H groups in total. The Labute approximate surface area is 196 Å². The number of hydrogen-bond donors (Lipinski definition) is 2. The molecule has 2 aliphatic rings. The molecule has 2 aromatic rings. The monoisotopic (exact) mass is 452 g/mol. The molecule has 0 saturated heterocycles. The van der Waals surface area contributed by atoms with E-state index in [1.54, 1.807) is 0 Å². The molecule has 0 bridgehead atoms. The number of carbonyl (C=O) groups excluding carboxylic acids is 1. The van der Waals surface area contributed by atoms with Crippen LogP contribution >= 0.6 is 0 Å². The molecule has 33 heavy (non-hydrogen) atoms. The number of rotatable bonds is 10. The van der Waals surface area contributed by atoms with Crippen molar-refractivity contribution in [2.75, 3.05) is 5.32 Å². The van der Waals surface area contributed by atoms with Gasteiger partial charge in [0, 0.05) is 29.5 Å². The van der Waals surface area contributed by atoms with Crippen molar-refractivity contribution < 1.29 is 19.2 Å². The molecule has 0 radical (unpaired) electrons. The zero-order valence-electron chi connectivity index (χ0n) is 20.2. The molecule has 1 amide bonds. The summed E-state index contributed by atoms with van der Waals surface area (Å²) in [4.78, 5) is 24.6. The van der Waals surface area contributed by atoms with Crippen LogP contribution in [0.1, 0.15) is 105 Å². The fourth-order valence-electron chi connectivity index (χ4n) is 5.36. The van der Waals surface area contributed by atoms with E-state index in [9.17, 15) is 14.7 Å². The number of carboxylic acid groups (broad SMARTS) is 1. The average molecular weight is 453 g/mol. The maximum atomic E-state index is 12.9. The maximum Gasteiger partial charge on any atom is 0.304 e. The quantitative estimate of drug-likeness (QED) is 0.441. The van der Waals surface area contributed by atoms with Crippen molar-refractivity contribution in [3.8, 4) is 0 Å². The maximum absolute atomic E-state index is 12.9. The number of aromatic nitrogens is 1. The van der Waals surface area contributed by atoms with Gasteiger partial charge in [0.1, 0.15) is 5.76 Å². The van der Waals surface area contributed by atoms with Gasteiger partial charge >= 0.3 is 5.97 Å². The zero-order chi connectivity index (χ0) is 23.7. The van der Waals surface area contributed by atoms with Crippen LogP contribution in [0, 0.1) is 25.7 Å². The minimum atomic E-state index is -0.925. The molecule has 0 unspecified atom stereocenters. The van der Waals surface area contributed by atoms with Gasteiger partial charge in [0.2, 0.25) is 5.91 Å². The van der Waals surface area contributed by atoms with Gasteiger partial charge in [-0.2, -0.15) is 0 Å². The predicted molar refractivity (Wildman–Crippen MR) is 128 cm³/mol. The Balaban J connectivity index is 1.52. The first-order chi connectivity index (χ1) is 15.7. The predicted octanol–water partition coefficient (Wildman–Crippen LogP) is 6.30. The molecule has 6 heteroatoms. The van der Waals surface area contributed by atoms with Crippen molar-refractivity contribution in [3.05, 3.63) is 46.3 Å². The first-order valence-electron chi connectivity index (χ1n) is 12.3. The summed E-state index contributed by atoms with van der Waals surface area (Å²) < 4.78 is 5.87. The summed E-state index contributed by atoms with van der Waals surface area (Å²) in [5, 5.41) is 16.9.